The molecule has 0 fully saturated rings. The molecule has 2 aromatic carbocycles. The van der Waals surface area contributed by atoms with E-state index in [1.54, 1.807) is 0 Å². The minimum absolute atomic E-state index is 0.760. The van der Waals surface area contributed by atoms with Crippen molar-refractivity contribution in [3.8, 4) is 11.1 Å². The molecule has 6 nitrogen and oxygen atoms in total. The first-order valence-electron chi connectivity index (χ1n) is 12.7. The molecule has 2 aliphatic rings. The quantitative estimate of drug-likeness (QED) is 0.264. The molecular formula is C28H32N6S2. The van der Waals surface area contributed by atoms with E-state index in [0.29, 0.717) is 0 Å². The van der Waals surface area contributed by atoms with Gasteiger partial charge in [0.2, 0.25) is 0 Å². The number of hydrogen-bond acceptors (Lipinski definition) is 8. The Labute approximate surface area is 220 Å². The molecule has 8 heteroatoms. The molecule has 0 amide bonds. The van der Waals surface area contributed by atoms with Gasteiger partial charge in [0.1, 0.15) is 10.0 Å². The van der Waals surface area contributed by atoms with Gasteiger partial charge in [-0.2, -0.15) is 0 Å². The van der Waals surface area contributed by atoms with E-state index in [-0.39, 0.29) is 0 Å². The molecule has 0 atom stereocenters. The molecule has 2 aliphatic heterocycles. The molecule has 0 saturated carbocycles. The molecule has 2 aromatic heterocycles. The molecular weight excluding hydrogens is 484 g/mol. The average molecular weight is 517 g/mol. The summed E-state index contributed by atoms with van der Waals surface area (Å²) in [5.41, 5.74) is 9.93. The first-order valence-corrected chi connectivity index (χ1v) is 14.3. The number of nitrogens with zero attached hydrogens (tertiary/aromatic N) is 2. The normalized spacial score (nSPS) is 14.8. The topological polar surface area (TPSA) is 73.9 Å². The number of anilines is 2. The van der Waals surface area contributed by atoms with Crippen molar-refractivity contribution in [2.45, 2.75) is 52.9 Å². The minimum Gasteiger partial charge on any atom is -0.378 e. The largest absolute Gasteiger partial charge is 0.378 e. The number of nitrogens with one attached hydrogen (secondary N) is 4. The summed E-state index contributed by atoms with van der Waals surface area (Å²) < 4.78 is 0. The maximum atomic E-state index is 4.87. The number of benzene rings is 2. The number of thiazole rings is 2. The summed E-state index contributed by atoms with van der Waals surface area (Å²) in [6.07, 6.45) is 2.07. The molecule has 0 saturated heterocycles. The van der Waals surface area contributed by atoms with Crippen molar-refractivity contribution in [2.24, 2.45) is 0 Å². The molecule has 0 radical (unpaired) electrons. The monoisotopic (exact) mass is 516 g/mol. The SMILES string of the molecule is Cc1c(NCc2nc3c(s2)CNCC3)cccc1-c1cccc(NCc2nc3c(s2)CNCC3)c1C. The van der Waals surface area contributed by atoms with Crippen LogP contribution in [0.3, 0.4) is 0 Å². The predicted octanol–water partition coefficient (Wildman–Crippen LogP) is 5.40. The van der Waals surface area contributed by atoms with E-state index >= 15 is 0 Å². The summed E-state index contributed by atoms with van der Waals surface area (Å²) in [5, 5.41) is 16.5. The summed E-state index contributed by atoms with van der Waals surface area (Å²) in [6, 6.07) is 13.1. The van der Waals surface area contributed by atoms with Gasteiger partial charge in [0.25, 0.3) is 0 Å². The summed E-state index contributed by atoms with van der Waals surface area (Å²) >= 11 is 3.65. The molecule has 6 rings (SSSR count). The maximum Gasteiger partial charge on any atom is 0.112 e. The van der Waals surface area contributed by atoms with Gasteiger partial charge in [0.15, 0.2) is 0 Å². The van der Waals surface area contributed by atoms with Crippen molar-refractivity contribution in [3.05, 3.63) is 78.7 Å². The van der Waals surface area contributed by atoms with Crippen molar-refractivity contribution in [2.75, 3.05) is 23.7 Å². The van der Waals surface area contributed by atoms with Crippen molar-refractivity contribution in [3.63, 3.8) is 0 Å². The fourth-order valence-corrected chi connectivity index (χ4v) is 7.14. The lowest BCUT2D eigenvalue weighted by atomic mass is 9.94. The molecule has 4 N–H and O–H groups in total. The van der Waals surface area contributed by atoms with E-state index in [0.717, 1.165) is 62.1 Å². The van der Waals surface area contributed by atoms with Crippen LogP contribution < -0.4 is 21.3 Å². The Hall–Kier alpha value is -2.78. The first kappa shape index (κ1) is 23.6. The minimum atomic E-state index is 0.760. The molecule has 0 unspecified atom stereocenters. The second-order valence-corrected chi connectivity index (χ2v) is 11.8. The van der Waals surface area contributed by atoms with Crippen molar-refractivity contribution < 1.29 is 0 Å². The van der Waals surface area contributed by atoms with E-state index < -0.39 is 0 Å². The predicted molar refractivity (Wildman–Crippen MR) is 151 cm³/mol. The third-order valence-electron chi connectivity index (χ3n) is 7.11. The lowest BCUT2D eigenvalue weighted by molar-refractivity contribution is 0.643. The van der Waals surface area contributed by atoms with Gasteiger partial charge in [0.05, 0.1) is 24.5 Å². The second kappa shape index (κ2) is 10.3. The highest BCUT2D eigenvalue weighted by atomic mass is 32.1. The fraction of sp³-hybridized carbons (Fsp3) is 0.357. The van der Waals surface area contributed by atoms with Crippen molar-refractivity contribution in [1.82, 2.24) is 20.6 Å². The Morgan fingerprint density at radius 3 is 1.64 bits per heavy atom. The van der Waals surface area contributed by atoms with Crippen LogP contribution in [-0.2, 0) is 39.0 Å². The molecule has 0 aliphatic carbocycles. The smallest absolute Gasteiger partial charge is 0.112 e. The zero-order valence-electron chi connectivity index (χ0n) is 20.8. The zero-order chi connectivity index (χ0) is 24.5. The van der Waals surface area contributed by atoms with Crippen molar-refractivity contribution >= 4 is 34.0 Å². The van der Waals surface area contributed by atoms with E-state index in [2.05, 4.69) is 71.5 Å². The molecule has 186 valence electrons. The molecule has 36 heavy (non-hydrogen) atoms. The molecule has 0 bridgehead atoms. The Bertz CT molecular complexity index is 1240. The van der Waals surface area contributed by atoms with E-state index in [1.807, 2.05) is 22.7 Å². The highest BCUT2D eigenvalue weighted by molar-refractivity contribution is 7.12. The van der Waals surface area contributed by atoms with Gasteiger partial charge in [0, 0.05) is 60.1 Å². The van der Waals surface area contributed by atoms with Crippen LogP contribution in [0.1, 0.15) is 42.3 Å². The van der Waals surface area contributed by atoms with Crippen LogP contribution in [0.2, 0.25) is 0 Å². The average Bonchev–Trinajstić information content (AvgIpc) is 3.51. The standard InChI is InChI=1S/C28H32N6S2/c1-17-19(5-3-7-21(17)31-15-27-33-23-9-11-29-13-25(23)35-27)20-6-4-8-22(18(20)2)32-16-28-34-24-10-12-30-14-26(24)36-28/h3-8,29-32H,9-16H2,1-2H3. The van der Waals surface area contributed by atoms with Gasteiger partial charge in [-0.1, -0.05) is 24.3 Å². The summed E-state index contributed by atoms with van der Waals surface area (Å²) in [5.74, 6) is 0. The molecule has 4 heterocycles. The third-order valence-corrected chi connectivity index (χ3v) is 9.31. The van der Waals surface area contributed by atoms with Gasteiger partial charge in [-0.15, -0.1) is 22.7 Å². The van der Waals surface area contributed by atoms with Crippen molar-refractivity contribution in [1.29, 1.82) is 0 Å². The van der Waals surface area contributed by atoms with Gasteiger partial charge in [-0.05, 0) is 48.2 Å². The Balaban J connectivity index is 1.18. The number of hydrogen-bond donors (Lipinski definition) is 4. The molecule has 0 spiro atoms. The number of fused-ring (bicyclic) bond motifs is 2. The zero-order valence-corrected chi connectivity index (χ0v) is 22.5. The Morgan fingerprint density at radius 2 is 1.19 bits per heavy atom. The van der Waals surface area contributed by atoms with Gasteiger partial charge < -0.3 is 21.3 Å². The lowest BCUT2D eigenvalue weighted by Crippen LogP contribution is -2.22. The van der Waals surface area contributed by atoms with Crippen LogP contribution >= 0.6 is 22.7 Å². The van der Waals surface area contributed by atoms with E-state index in [4.69, 9.17) is 9.97 Å². The Morgan fingerprint density at radius 1 is 0.722 bits per heavy atom. The van der Waals surface area contributed by atoms with Gasteiger partial charge >= 0.3 is 0 Å². The van der Waals surface area contributed by atoms with E-state index in [9.17, 15) is 0 Å². The highest BCUT2D eigenvalue weighted by Gasteiger charge is 2.17. The molecule has 4 aromatic rings. The lowest BCUT2D eigenvalue weighted by Gasteiger charge is -2.17. The van der Waals surface area contributed by atoms with Gasteiger partial charge in [-0.3, -0.25) is 0 Å². The summed E-state index contributed by atoms with van der Waals surface area (Å²) in [7, 11) is 0. The number of rotatable bonds is 7. The highest BCUT2D eigenvalue weighted by Crippen LogP contribution is 2.34. The van der Waals surface area contributed by atoms with Crippen LogP contribution in [0.4, 0.5) is 11.4 Å². The number of aromatic nitrogens is 2. The third kappa shape index (κ3) is 4.78. The summed E-state index contributed by atoms with van der Waals surface area (Å²) in [4.78, 5) is 12.5. The maximum absolute atomic E-state index is 4.87. The van der Waals surface area contributed by atoms with E-state index in [1.165, 1.54) is 54.8 Å². The first-order chi connectivity index (χ1) is 17.7. The summed E-state index contributed by atoms with van der Waals surface area (Å²) in [6.45, 7) is 9.90. The van der Waals surface area contributed by atoms with Gasteiger partial charge in [-0.25, -0.2) is 9.97 Å². The van der Waals surface area contributed by atoms with Crippen LogP contribution in [0.25, 0.3) is 11.1 Å². The van der Waals surface area contributed by atoms with Crippen LogP contribution in [-0.4, -0.2) is 23.1 Å². The fourth-order valence-electron chi connectivity index (χ4n) is 5.09. The van der Waals surface area contributed by atoms with Crippen LogP contribution in [0.5, 0.6) is 0 Å². The Kier molecular flexibility index (Phi) is 6.75. The van der Waals surface area contributed by atoms with Crippen LogP contribution in [0.15, 0.2) is 36.4 Å². The van der Waals surface area contributed by atoms with Crippen LogP contribution in [0, 0.1) is 13.8 Å². The second-order valence-electron chi connectivity index (χ2n) is 9.47.